The molecule has 0 aliphatic rings. The maximum absolute atomic E-state index is 13.1. The van der Waals surface area contributed by atoms with Crippen LogP contribution in [0, 0.1) is 11.8 Å². The summed E-state index contributed by atoms with van der Waals surface area (Å²) in [5.41, 5.74) is 2.46. The number of methoxy groups -OCH3 is 1. The first-order valence-corrected chi connectivity index (χ1v) is 11.6. The van der Waals surface area contributed by atoms with Crippen LogP contribution in [0.3, 0.4) is 0 Å². The van der Waals surface area contributed by atoms with Crippen LogP contribution >= 0.6 is 0 Å². The molecule has 30 heavy (non-hydrogen) atoms. The Kier molecular flexibility index (Phi) is 8.03. The fourth-order valence-electron chi connectivity index (χ4n) is 3.30. The third-order valence-electron chi connectivity index (χ3n) is 4.72. The molecular formula is C23H32N2O4S. The lowest BCUT2D eigenvalue weighted by atomic mass is 9.94. The first kappa shape index (κ1) is 23.9. The van der Waals surface area contributed by atoms with Crippen LogP contribution in [-0.4, -0.2) is 21.4 Å². The van der Waals surface area contributed by atoms with Crippen molar-refractivity contribution in [2.75, 3.05) is 12.4 Å². The first-order chi connectivity index (χ1) is 14.0. The molecule has 0 fully saturated rings. The molecule has 7 heteroatoms. The van der Waals surface area contributed by atoms with Gasteiger partial charge in [-0.2, -0.15) is 0 Å². The second-order valence-corrected chi connectivity index (χ2v) is 9.94. The summed E-state index contributed by atoms with van der Waals surface area (Å²) in [4.78, 5) is 11.5. The zero-order valence-electron chi connectivity index (χ0n) is 18.5. The molecule has 2 rings (SSSR count). The molecule has 2 N–H and O–H groups in total. The Balaban J connectivity index is 2.33. The number of hydrogen-bond donors (Lipinski definition) is 2. The van der Waals surface area contributed by atoms with Crippen molar-refractivity contribution in [3.8, 4) is 5.75 Å². The third kappa shape index (κ3) is 6.31. The number of nitrogens with one attached hydrogen (secondary N) is 2. The van der Waals surface area contributed by atoms with Gasteiger partial charge in [-0.25, -0.2) is 13.1 Å². The van der Waals surface area contributed by atoms with Crippen LogP contribution in [0.5, 0.6) is 5.75 Å². The lowest BCUT2D eigenvalue weighted by Gasteiger charge is -2.23. The average Bonchev–Trinajstić information content (AvgIpc) is 2.65. The molecule has 0 spiro atoms. The van der Waals surface area contributed by atoms with E-state index in [1.807, 2.05) is 26.0 Å². The van der Waals surface area contributed by atoms with Gasteiger partial charge in [-0.3, -0.25) is 4.79 Å². The molecule has 0 aliphatic carbocycles. The molecule has 0 bridgehead atoms. The van der Waals surface area contributed by atoms with Gasteiger partial charge in [0.25, 0.3) is 0 Å². The van der Waals surface area contributed by atoms with E-state index in [2.05, 4.69) is 36.0 Å². The molecule has 1 amide bonds. The normalized spacial score (nSPS) is 12.8. The van der Waals surface area contributed by atoms with Gasteiger partial charge in [0.15, 0.2) is 0 Å². The largest absolute Gasteiger partial charge is 0.495 e. The van der Waals surface area contributed by atoms with Crippen LogP contribution in [0.15, 0.2) is 47.4 Å². The van der Waals surface area contributed by atoms with Crippen molar-refractivity contribution in [3.63, 3.8) is 0 Å². The quantitative estimate of drug-likeness (QED) is 0.610. The van der Waals surface area contributed by atoms with E-state index in [1.54, 1.807) is 0 Å². The fraction of sp³-hybridized carbons (Fsp3) is 0.435. The van der Waals surface area contributed by atoms with Crippen molar-refractivity contribution in [2.24, 2.45) is 11.8 Å². The molecule has 2 aromatic carbocycles. The monoisotopic (exact) mass is 432 g/mol. The lowest BCUT2D eigenvalue weighted by Crippen LogP contribution is -2.32. The number of rotatable bonds is 9. The fourth-order valence-corrected chi connectivity index (χ4v) is 4.70. The Hall–Kier alpha value is -2.38. The lowest BCUT2D eigenvalue weighted by molar-refractivity contribution is -0.114. The Morgan fingerprint density at radius 2 is 1.67 bits per heavy atom. The van der Waals surface area contributed by atoms with Crippen LogP contribution < -0.4 is 14.8 Å². The van der Waals surface area contributed by atoms with Gasteiger partial charge < -0.3 is 10.1 Å². The Morgan fingerprint density at radius 1 is 1.03 bits per heavy atom. The second kappa shape index (κ2) is 10.1. The number of hydrogen-bond acceptors (Lipinski definition) is 4. The number of carbonyl (C=O) groups excluding carboxylic acids is 1. The van der Waals surface area contributed by atoms with E-state index in [-0.39, 0.29) is 22.8 Å². The van der Waals surface area contributed by atoms with Crippen molar-refractivity contribution in [1.82, 2.24) is 4.72 Å². The van der Waals surface area contributed by atoms with Gasteiger partial charge in [0.1, 0.15) is 5.75 Å². The molecule has 0 saturated heterocycles. The van der Waals surface area contributed by atoms with Gasteiger partial charge in [-0.15, -0.1) is 0 Å². The highest BCUT2D eigenvalue weighted by molar-refractivity contribution is 7.89. The van der Waals surface area contributed by atoms with E-state index in [9.17, 15) is 13.2 Å². The first-order valence-electron chi connectivity index (χ1n) is 10.1. The molecule has 0 saturated carbocycles. The maximum Gasteiger partial charge on any atom is 0.241 e. The van der Waals surface area contributed by atoms with Crippen molar-refractivity contribution in [2.45, 2.75) is 52.0 Å². The van der Waals surface area contributed by atoms with Crippen molar-refractivity contribution < 1.29 is 17.9 Å². The molecular weight excluding hydrogens is 400 g/mol. The summed E-state index contributed by atoms with van der Waals surface area (Å²) >= 11 is 0. The van der Waals surface area contributed by atoms with Crippen LogP contribution in [0.1, 0.15) is 51.8 Å². The van der Waals surface area contributed by atoms with Crippen LogP contribution in [0.4, 0.5) is 5.69 Å². The number of anilines is 1. The average molecular weight is 433 g/mol. The van der Waals surface area contributed by atoms with Gasteiger partial charge in [0.2, 0.25) is 15.9 Å². The topological polar surface area (TPSA) is 84.5 Å². The molecule has 1 atom stereocenters. The smallest absolute Gasteiger partial charge is 0.241 e. The highest BCUT2D eigenvalue weighted by Crippen LogP contribution is 2.30. The Morgan fingerprint density at radius 3 is 2.17 bits per heavy atom. The van der Waals surface area contributed by atoms with Crippen molar-refractivity contribution >= 4 is 21.6 Å². The van der Waals surface area contributed by atoms with Crippen molar-refractivity contribution in [1.29, 1.82) is 0 Å². The van der Waals surface area contributed by atoms with Gasteiger partial charge >= 0.3 is 0 Å². The Labute approximate surface area is 180 Å². The summed E-state index contributed by atoms with van der Waals surface area (Å²) < 4.78 is 34.2. The van der Waals surface area contributed by atoms with E-state index < -0.39 is 10.0 Å². The third-order valence-corrected chi connectivity index (χ3v) is 6.16. The van der Waals surface area contributed by atoms with E-state index in [0.29, 0.717) is 17.4 Å². The minimum atomic E-state index is -3.82. The number of carbonyl (C=O) groups is 1. The predicted octanol–water partition coefficient (Wildman–Crippen LogP) is 4.53. The SMILES string of the molecule is COc1ccc(S(=O)(=O)N[C@@H](c2ccc(CC(C)C)cc2)C(C)C)cc1NC(C)=O. The molecule has 0 heterocycles. The number of sulfonamides is 1. The highest BCUT2D eigenvalue weighted by Gasteiger charge is 2.25. The van der Waals surface area contributed by atoms with Gasteiger partial charge in [-0.1, -0.05) is 52.0 Å². The van der Waals surface area contributed by atoms with Crippen LogP contribution in [-0.2, 0) is 21.2 Å². The highest BCUT2D eigenvalue weighted by atomic mass is 32.2. The number of amides is 1. The molecule has 6 nitrogen and oxygen atoms in total. The van der Waals surface area contributed by atoms with Crippen LogP contribution in [0.2, 0.25) is 0 Å². The molecule has 0 unspecified atom stereocenters. The van der Waals surface area contributed by atoms with E-state index in [4.69, 9.17) is 4.74 Å². The van der Waals surface area contributed by atoms with Crippen molar-refractivity contribution in [3.05, 3.63) is 53.6 Å². The van der Waals surface area contributed by atoms with Gasteiger partial charge in [0.05, 0.1) is 17.7 Å². The summed E-state index contributed by atoms with van der Waals surface area (Å²) in [6, 6.07) is 12.1. The van der Waals surface area contributed by atoms with E-state index in [1.165, 1.54) is 37.8 Å². The molecule has 0 radical (unpaired) electrons. The zero-order valence-corrected chi connectivity index (χ0v) is 19.3. The van der Waals surface area contributed by atoms with E-state index >= 15 is 0 Å². The zero-order chi connectivity index (χ0) is 22.5. The molecule has 164 valence electrons. The number of benzene rings is 2. The summed E-state index contributed by atoms with van der Waals surface area (Å²) in [6.45, 7) is 9.65. The summed E-state index contributed by atoms with van der Waals surface area (Å²) in [5, 5.41) is 2.61. The second-order valence-electron chi connectivity index (χ2n) is 8.23. The summed E-state index contributed by atoms with van der Waals surface area (Å²) in [6.07, 6.45) is 0.982. The van der Waals surface area contributed by atoms with Crippen LogP contribution in [0.25, 0.3) is 0 Å². The standard InChI is InChI=1S/C23H32N2O4S/c1-15(2)13-18-7-9-19(10-8-18)23(16(3)4)25-30(27,28)20-11-12-22(29-6)21(14-20)24-17(5)26/h7-12,14-16,23,25H,13H2,1-6H3,(H,24,26)/t23-/m1/s1. The minimum absolute atomic E-state index is 0.0452. The number of ether oxygens (including phenoxy) is 1. The predicted molar refractivity (Wildman–Crippen MR) is 120 cm³/mol. The van der Waals surface area contributed by atoms with Gasteiger partial charge in [0, 0.05) is 13.0 Å². The summed E-state index contributed by atoms with van der Waals surface area (Å²) in [7, 11) is -2.36. The summed E-state index contributed by atoms with van der Waals surface area (Å²) in [5.74, 6) is 0.689. The molecule has 0 aliphatic heterocycles. The Bertz CT molecular complexity index is 967. The maximum atomic E-state index is 13.1. The molecule has 0 aromatic heterocycles. The minimum Gasteiger partial charge on any atom is -0.495 e. The van der Waals surface area contributed by atoms with E-state index in [0.717, 1.165) is 12.0 Å². The molecule has 2 aromatic rings. The van der Waals surface area contributed by atoms with Gasteiger partial charge in [-0.05, 0) is 47.6 Å².